The molecule has 1 amide bonds. The third kappa shape index (κ3) is 6.63. The summed E-state index contributed by atoms with van der Waals surface area (Å²) < 4.78 is 0. The Morgan fingerprint density at radius 3 is 1.94 bits per heavy atom. The second kappa shape index (κ2) is 8.35. The normalized spacial score (nSPS) is 21.8. The second-order valence-electron chi connectivity index (χ2n) is 4.28. The van der Waals surface area contributed by atoms with Gasteiger partial charge in [0.1, 0.15) is 0 Å². The molecule has 5 heteroatoms. The quantitative estimate of drug-likeness (QED) is 0.536. The van der Waals surface area contributed by atoms with Gasteiger partial charge in [0.25, 0.3) is 0 Å². The fourth-order valence-corrected chi connectivity index (χ4v) is 1.94. The van der Waals surface area contributed by atoms with Crippen LogP contribution in [0, 0.1) is 0 Å². The molecule has 0 spiro atoms. The van der Waals surface area contributed by atoms with Crippen molar-refractivity contribution in [3.05, 3.63) is 0 Å². The predicted octanol–water partition coefficient (Wildman–Crippen LogP) is 0.766. The van der Waals surface area contributed by atoms with Crippen LogP contribution in [0.3, 0.4) is 0 Å². The van der Waals surface area contributed by atoms with E-state index in [4.69, 9.17) is 5.11 Å². The molecular formula is C11H23N3O2. The molecule has 94 valence electrons. The lowest BCUT2D eigenvalue weighted by Crippen LogP contribution is -2.42. The summed E-state index contributed by atoms with van der Waals surface area (Å²) in [5.74, 6) is 0. The highest BCUT2D eigenvalue weighted by Gasteiger charge is 2.13. The summed E-state index contributed by atoms with van der Waals surface area (Å²) in [7, 11) is 0. The van der Waals surface area contributed by atoms with Gasteiger partial charge in [-0.15, -0.1) is 0 Å². The molecule has 2 aliphatic rings. The number of nitrogens with one attached hydrogen (secondary N) is 3. The third-order valence-corrected chi connectivity index (χ3v) is 2.87. The zero-order valence-electron chi connectivity index (χ0n) is 9.80. The van der Waals surface area contributed by atoms with E-state index < -0.39 is 6.09 Å². The Hall–Kier alpha value is -0.810. The number of piperidine rings is 2. The topological polar surface area (TPSA) is 73.4 Å². The minimum Gasteiger partial charge on any atom is -0.465 e. The van der Waals surface area contributed by atoms with Crippen molar-refractivity contribution in [2.24, 2.45) is 0 Å². The third-order valence-electron chi connectivity index (χ3n) is 2.87. The lowest BCUT2D eigenvalue weighted by molar-refractivity contribution is 0.186. The fraction of sp³-hybridized carbons (Fsp3) is 0.909. The minimum atomic E-state index is -0.910. The first-order valence-corrected chi connectivity index (χ1v) is 6.20. The van der Waals surface area contributed by atoms with E-state index in [-0.39, 0.29) is 6.04 Å². The van der Waals surface area contributed by atoms with Gasteiger partial charge in [0.05, 0.1) is 0 Å². The smallest absolute Gasteiger partial charge is 0.404 e. The number of amides is 1. The molecule has 2 fully saturated rings. The average molecular weight is 229 g/mol. The molecule has 0 aromatic rings. The van der Waals surface area contributed by atoms with Crippen LogP contribution in [0.5, 0.6) is 0 Å². The summed E-state index contributed by atoms with van der Waals surface area (Å²) >= 11 is 0. The average Bonchev–Trinajstić information content (AvgIpc) is 2.32. The maximum absolute atomic E-state index is 10.1. The summed E-state index contributed by atoms with van der Waals surface area (Å²) in [4.78, 5) is 10.1. The highest BCUT2D eigenvalue weighted by Crippen LogP contribution is 2.00. The van der Waals surface area contributed by atoms with E-state index in [0.717, 1.165) is 25.9 Å². The van der Waals surface area contributed by atoms with Gasteiger partial charge < -0.3 is 21.1 Å². The Labute approximate surface area is 97.0 Å². The molecule has 0 unspecified atom stereocenters. The van der Waals surface area contributed by atoms with Crippen LogP contribution in [0.1, 0.15) is 32.1 Å². The van der Waals surface area contributed by atoms with Crippen molar-refractivity contribution in [3.63, 3.8) is 0 Å². The van der Waals surface area contributed by atoms with Gasteiger partial charge in [0, 0.05) is 6.04 Å². The van der Waals surface area contributed by atoms with Crippen LogP contribution in [0.25, 0.3) is 0 Å². The fourth-order valence-electron chi connectivity index (χ4n) is 1.94. The molecule has 2 aliphatic heterocycles. The van der Waals surface area contributed by atoms with E-state index in [1.165, 1.54) is 32.4 Å². The van der Waals surface area contributed by atoms with Crippen molar-refractivity contribution in [1.82, 2.24) is 16.0 Å². The summed E-state index contributed by atoms with van der Waals surface area (Å²) in [6.07, 6.45) is 5.12. The van der Waals surface area contributed by atoms with Crippen molar-refractivity contribution in [3.8, 4) is 0 Å². The zero-order valence-corrected chi connectivity index (χ0v) is 9.80. The van der Waals surface area contributed by atoms with Crippen LogP contribution in [0.15, 0.2) is 0 Å². The number of carbonyl (C=O) groups is 1. The van der Waals surface area contributed by atoms with Gasteiger partial charge in [-0.2, -0.15) is 0 Å². The first-order valence-electron chi connectivity index (χ1n) is 6.20. The number of carboxylic acid groups (broad SMARTS) is 1. The van der Waals surface area contributed by atoms with Crippen LogP contribution in [0.4, 0.5) is 4.79 Å². The molecule has 0 atom stereocenters. The maximum Gasteiger partial charge on any atom is 0.404 e. The van der Waals surface area contributed by atoms with Crippen molar-refractivity contribution >= 4 is 6.09 Å². The lowest BCUT2D eigenvalue weighted by atomic mass is 10.1. The van der Waals surface area contributed by atoms with Crippen LogP contribution >= 0.6 is 0 Å². The van der Waals surface area contributed by atoms with E-state index in [2.05, 4.69) is 16.0 Å². The molecule has 2 saturated heterocycles. The van der Waals surface area contributed by atoms with Crippen LogP contribution in [0.2, 0.25) is 0 Å². The zero-order chi connectivity index (χ0) is 11.6. The lowest BCUT2D eigenvalue weighted by Gasteiger charge is -2.21. The van der Waals surface area contributed by atoms with Gasteiger partial charge >= 0.3 is 6.09 Å². The Kier molecular flexibility index (Phi) is 6.92. The molecule has 0 aliphatic carbocycles. The summed E-state index contributed by atoms with van der Waals surface area (Å²) in [6, 6.07) is 0.166. The van der Waals surface area contributed by atoms with Crippen molar-refractivity contribution in [1.29, 1.82) is 0 Å². The maximum atomic E-state index is 10.1. The molecule has 0 aromatic heterocycles. The first kappa shape index (κ1) is 13.3. The van der Waals surface area contributed by atoms with E-state index >= 15 is 0 Å². The Balaban J connectivity index is 0.000000181. The molecule has 16 heavy (non-hydrogen) atoms. The predicted molar refractivity (Wildman–Crippen MR) is 63.8 cm³/mol. The summed E-state index contributed by atoms with van der Waals surface area (Å²) in [6.45, 7) is 4.34. The van der Waals surface area contributed by atoms with Crippen LogP contribution in [-0.2, 0) is 0 Å². The van der Waals surface area contributed by atoms with E-state index in [1.807, 2.05) is 0 Å². The van der Waals surface area contributed by atoms with Crippen molar-refractivity contribution < 1.29 is 9.90 Å². The Morgan fingerprint density at radius 1 is 1.00 bits per heavy atom. The number of hydrogen-bond donors (Lipinski definition) is 4. The van der Waals surface area contributed by atoms with Gasteiger partial charge in [-0.25, -0.2) is 4.79 Å². The SMILES string of the molecule is C1CCNCC1.O=C(O)NC1CCNCC1. The Morgan fingerprint density at radius 2 is 1.56 bits per heavy atom. The van der Waals surface area contributed by atoms with E-state index in [9.17, 15) is 4.79 Å². The molecule has 0 bridgehead atoms. The second-order valence-corrected chi connectivity index (χ2v) is 4.28. The summed E-state index contributed by atoms with van der Waals surface area (Å²) in [5.41, 5.74) is 0. The molecule has 0 aromatic carbocycles. The summed E-state index contributed by atoms with van der Waals surface area (Å²) in [5, 5.41) is 17.2. The van der Waals surface area contributed by atoms with Gasteiger partial charge in [0.15, 0.2) is 0 Å². The Bertz CT molecular complexity index is 178. The molecule has 2 rings (SSSR count). The van der Waals surface area contributed by atoms with Gasteiger partial charge in [-0.3, -0.25) is 0 Å². The van der Waals surface area contributed by atoms with Crippen molar-refractivity contribution in [2.75, 3.05) is 26.2 Å². The van der Waals surface area contributed by atoms with Crippen LogP contribution < -0.4 is 16.0 Å². The molecular weight excluding hydrogens is 206 g/mol. The number of hydrogen-bond acceptors (Lipinski definition) is 3. The van der Waals surface area contributed by atoms with Crippen LogP contribution in [-0.4, -0.2) is 43.4 Å². The monoisotopic (exact) mass is 229 g/mol. The molecule has 2 heterocycles. The molecule has 4 N–H and O–H groups in total. The molecule has 5 nitrogen and oxygen atoms in total. The van der Waals surface area contributed by atoms with E-state index in [0.29, 0.717) is 0 Å². The standard InChI is InChI=1S/C6H12N2O2.C5H11N/c9-6(10)8-5-1-3-7-4-2-5;1-2-4-6-5-3-1/h5,7-8H,1-4H2,(H,9,10);6H,1-5H2. The van der Waals surface area contributed by atoms with E-state index in [1.54, 1.807) is 0 Å². The van der Waals surface area contributed by atoms with Gasteiger partial charge in [-0.05, 0) is 51.9 Å². The first-order chi connectivity index (χ1) is 7.79. The molecule has 0 saturated carbocycles. The molecule has 0 radical (unpaired) electrons. The van der Waals surface area contributed by atoms with Gasteiger partial charge in [-0.1, -0.05) is 6.42 Å². The highest BCUT2D eigenvalue weighted by atomic mass is 16.4. The van der Waals surface area contributed by atoms with Crippen molar-refractivity contribution in [2.45, 2.75) is 38.1 Å². The minimum absolute atomic E-state index is 0.166. The number of rotatable bonds is 1. The highest BCUT2D eigenvalue weighted by molar-refractivity contribution is 5.64. The largest absolute Gasteiger partial charge is 0.465 e. The van der Waals surface area contributed by atoms with Gasteiger partial charge in [0.2, 0.25) is 0 Å².